The van der Waals surface area contributed by atoms with E-state index in [0.717, 1.165) is 15.1 Å². The number of fused-ring (bicyclic) bond motifs is 1. The zero-order chi connectivity index (χ0) is 21.0. The Kier molecular flexibility index (Phi) is 6.66. The first-order valence-corrected chi connectivity index (χ1v) is 12.1. The molecule has 0 spiro atoms. The minimum atomic E-state index is -3.97. The highest BCUT2D eigenvalue weighted by Crippen LogP contribution is 2.25. The molecule has 0 unspecified atom stereocenters. The Morgan fingerprint density at radius 1 is 1.21 bits per heavy atom. The van der Waals surface area contributed by atoms with Crippen LogP contribution in [-0.2, 0) is 26.1 Å². The summed E-state index contributed by atoms with van der Waals surface area (Å²) in [5, 5.41) is 0. The highest BCUT2D eigenvalue weighted by Gasteiger charge is 2.17. The van der Waals surface area contributed by atoms with E-state index in [9.17, 15) is 13.2 Å². The molecule has 0 aliphatic carbocycles. The Morgan fingerprint density at radius 3 is 2.55 bits per heavy atom. The van der Waals surface area contributed by atoms with E-state index >= 15 is 0 Å². The van der Waals surface area contributed by atoms with Gasteiger partial charge in [-0.25, -0.2) is 0 Å². The van der Waals surface area contributed by atoms with Gasteiger partial charge in [0.1, 0.15) is 12.3 Å². The Morgan fingerprint density at radius 2 is 1.93 bits per heavy atom. The molecule has 0 aliphatic rings. The van der Waals surface area contributed by atoms with Crippen molar-refractivity contribution in [2.24, 2.45) is 4.40 Å². The molecular weight excluding hydrogens is 432 g/mol. The van der Waals surface area contributed by atoms with Crippen molar-refractivity contribution in [2.45, 2.75) is 23.3 Å². The molecule has 0 amide bonds. The number of thioether (sulfide) groups is 1. The van der Waals surface area contributed by atoms with E-state index in [1.165, 1.54) is 30.6 Å². The molecule has 10 heteroatoms. The molecule has 1 heterocycles. The van der Waals surface area contributed by atoms with E-state index < -0.39 is 16.0 Å². The maximum atomic E-state index is 12.8. The molecular formula is C19H20N2O5S3. The number of nitrogens with zero attached hydrogens (tertiary/aromatic N) is 2. The molecule has 0 saturated carbocycles. The summed E-state index contributed by atoms with van der Waals surface area (Å²) in [6, 6.07) is 11.7. The number of hydrogen-bond donors (Lipinski definition) is 0. The van der Waals surface area contributed by atoms with Gasteiger partial charge in [-0.3, -0.25) is 4.79 Å². The van der Waals surface area contributed by atoms with Crippen LogP contribution in [-0.4, -0.2) is 38.9 Å². The maximum Gasteiger partial charge on any atom is 0.326 e. The number of rotatable bonds is 7. The van der Waals surface area contributed by atoms with Crippen LogP contribution >= 0.6 is 23.1 Å². The topological polar surface area (TPSA) is 87.0 Å². The lowest BCUT2D eigenvalue weighted by Gasteiger charge is -2.06. The number of hydrogen-bond acceptors (Lipinski definition) is 7. The van der Waals surface area contributed by atoms with Crippen molar-refractivity contribution >= 4 is 49.3 Å². The van der Waals surface area contributed by atoms with E-state index in [-0.39, 0.29) is 22.8 Å². The van der Waals surface area contributed by atoms with Crippen molar-refractivity contribution in [2.75, 3.05) is 20.0 Å². The molecule has 0 N–H and O–H groups in total. The standard InChI is InChI=1S/C19H20N2O5S3/c1-4-26-18(22)12-21-16-10-7-14(27-3)11-17(16)28-19(21)20-29(23,24)15-8-5-13(25-2)6-9-15/h5-11H,4,12H2,1-3H3. The second-order valence-corrected chi connectivity index (χ2v) is 9.34. The van der Waals surface area contributed by atoms with Crippen LogP contribution in [0.2, 0.25) is 0 Å². The number of thiazole rings is 1. The van der Waals surface area contributed by atoms with Crippen LogP contribution in [0.4, 0.5) is 0 Å². The number of aromatic nitrogens is 1. The van der Waals surface area contributed by atoms with Crippen LogP contribution < -0.4 is 9.54 Å². The molecule has 3 aromatic rings. The molecule has 0 fully saturated rings. The predicted molar refractivity (Wildman–Crippen MR) is 114 cm³/mol. The predicted octanol–water partition coefficient (Wildman–Crippen LogP) is 3.29. The SMILES string of the molecule is CCOC(=O)Cn1c(=NS(=O)(=O)c2ccc(OC)cc2)sc2cc(SC)ccc21. The largest absolute Gasteiger partial charge is 0.497 e. The van der Waals surface area contributed by atoms with Crippen molar-refractivity contribution in [1.29, 1.82) is 0 Å². The molecule has 0 saturated heterocycles. The summed E-state index contributed by atoms with van der Waals surface area (Å²) >= 11 is 2.79. The third kappa shape index (κ3) is 4.82. The van der Waals surface area contributed by atoms with Crippen LogP contribution in [0.15, 0.2) is 56.7 Å². The number of esters is 1. The number of benzene rings is 2. The van der Waals surface area contributed by atoms with Gasteiger partial charge in [0.2, 0.25) is 4.80 Å². The van der Waals surface area contributed by atoms with Gasteiger partial charge in [-0.15, -0.1) is 16.2 Å². The van der Waals surface area contributed by atoms with E-state index in [4.69, 9.17) is 9.47 Å². The first-order valence-electron chi connectivity index (χ1n) is 8.66. The molecule has 0 radical (unpaired) electrons. The van der Waals surface area contributed by atoms with Gasteiger partial charge in [0.25, 0.3) is 10.0 Å². The normalized spacial score (nSPS) is 12.3. The molecule has 0 aliphatic heterocycles. The van der Waals surface area contributed by atoms with Crippen molar-refractivity contribution in [3.05, 3.63) is 47.3 Å². The van der Waals surface area contributed by atoms with Crippen molar-refractivity contribution < 1.29 is 22.7 Å². The summed E-state index contributed by atoms with van der Waals surface area (Å²) in [4.78, 5) is 13.4. The fraction of sp³-hybridized carbons (Fsp3) is 0.263. The summed E-state index contributed by atoms with van der Waals surface area (Å²) < 4.78 is 42.2. The molecule has 7 nitrogen and oxygen atoms in total. The van der Waals surface area contributed by atoms with Crippen LogP contribution in [0, 0.1) is 0 Å². The van der Waals surface area contributed by atoms with Crippen LogP contribution in [0.5, 0.6) is 5.75 Å². The fourth-order valence-electron chi connectivity index (χ4n) is 2.64. The molecule has 2 aromatic carbocycles. The zero-order valence-corrected chi connectivity index (χ0v) is 18.6. The average molecular weight is 453 g/mol. The molecule has 3 rings (SSSR count). The van der Waals surface area contributed by atoms with Gasteiger partial charge >= 0.3 is 5.97 Å². The monoisotopic (exact) mass is 452 g/mol. The van der Waals surface area contributed by atoms with Crippen LogP contribution in [0.25, 0.3) is 10.2 Å². The van der Waals surface area contributed by atoms with Gasteiger partial charge in [0, 0.05) is 4.90 Å². The first-order chi connectivity index (χ1) is 13.9. The van der Waals surface area contributed by atoms with Gasteiger partial charge in [0.05, 0.1) is 28.8 Å². The van der Waals surface area contributed by atoms with Crippen molar-refractivity contribution in [3.8, 4) is 5.75 Å². The Hall–Kier alpha value is -2.30. The second-order valence-electron chi connectivity index (χ2n) is 5.85. The first kappa shape index (κ1) is 21.4. The molecule has 29 heavy (non-hydrogen) atoms. The fourth-order valence-corrected chi connectivity index (χ4v) is 5.43. The lowest BCUT2D eigenvalue weighted by molar-refractivity contribution is -0.143. The van der Waals surface area contributed by atoms with Gasteiger partial charge in [0.15, 0.2) is 0 Å². The summed E-state index contributed by atoms with van der Waals surface area (Å²) in [6.45, 7) is 1.84. The molecule has 154 valence electrons. The summed E-state index contributed by atoms with van der Waals surface area (Å²) in [5.41, 5.74) is 0.726. The lowest BCUT2D eigenvalue weighted by Crippen LogP contribution is -2.23. The Bertz CT molecular complexity index is 1190. The van der Waals surface area contributed by atoms with Crippen LogP contribution in [0.3, 0.4) is 0 Å². The molecule has 0 bridgehead atoms. The van der Waals surface area contributed by atoms with E-state index in [1.807, 2.05) is 24.5 Å². The van der Waals surface area contributed by atoms with E-state index in [0.29, 0.717) is 5.75 Å². The molecule has 1 aromatic heterocycles. The zero-order valence-electron chi connectivity index (χ0n) is 16.1. The number of ether oxygens (including phenoxy) is 2. The van der Waals surface area contributed by atoms with Gasteiger partial charge in [-0.05, 0) is 55.6 Å². The van der Waals surface area contributed by atoms with Crippen molar-refractivity contribution in [3.63, 3.8) is 0 Å². The van der Waals surface area contributed by atoms with Crippen molar-refractivity contribution in [1.82, 2.24) is 4.57 Å². The number of carbonyl (C=O) groups excluding carboxylic acids is 1. The highest BCUT2D eigenvalue weighted by molar-refractivity contribution is 7.98. The van der Waals surface area contributed by atoms with Gasteiger partial charge in [-0.1, -0.05) is 11.3 Å². The highest BCUT2D eigenvalue weighted by atomic mass is 32.2. The second kappa shape index (κ2) is 9.02. The number of sulfonamides is 1. The smallest absolute Gasteiger partial charge is 0.326 e. The Labute approximate surface area is 177 Å². The summed E-state index contributed by atoms with van der Waals surface area (Å²) in [5.74, 6) is 0.0946. The quantitative estimate of drug-likeness (QED) is 0.404. The lowest BCUT2D eigenvalue weighted by atomic mass is 10.3. The maximum absolute atomic E-state index is 12.8. The van der Waals surface area contributed by atoms with Gasteiger partial charge < -0.3 is 14.0 Å². The minimum Gasteiger partial charge on any atom is -0.497 e. The Balaban J connectivity index is 2.15. The number of carbonyl (C=O) groups is 1. The number of methoxy groups -OCH3 is 1. The summed E-state index contributed by atoms with van der Waals surface area (Å²) in [7, 11) is -2.46. The third-order valence-electron chi connectivity index (χ3n) is 4.04. The van der Waals surface area contributed by atoms with E-state index in [2.05, 4.69) is 4.40 Å². The minimum absolute atomic E-state index is 0.0447. The van der Waals surface area contributed by atoms with Gasteiger partial charge in [-0.2, -0.15) is 8.42 Å². The molecule has 0 atom stereocenters. The third-order valence-corrected chi connectivity index (χ3v) is 7.20. The van der Waals surface area contributed by atoms with Crippen LogP contribution in [0.1, 0.15) is 6.92 Å². The van der Waals surface area contributed by atoms with E-state index in [1.54, 1.807) is 35.4 Å². The summed E-state index contributed by atoms with van der Waals surface area (Å²) in [6.07, 6.45) is 1.96. The average Bonchev–Trinajstić information content (AvgIpc) is 3.03.